The standard InChI is InChI=1S/C12H18N2O2.C7H6F3N3O/c1-12(2,3)16-11(15)14-8-9-4-6-10(13)7-5-9;8-7(9,10)6(14)13-5-2-1-4(11)3-12-5/h4-7H,8,13H2,1-3H3,(H,14,15);1-3H,11H2,(H,12,13,14). The molecule has 164 valence electrons. The van der Waals surface area contributed by atoms with E-state index in [4.69, 9.17) is 16.2 Å². The first-order chi connectivity index (χ1) is 13.8. The van der Waals surface area contributed by atoms with Crippen LogP contribution in [0.3, 0.4) is 0 Å². The zero-order chi connectivity index (χ0) is 22.9. The van der Waals surface area contributed by atoms with Crippen LogP contribution in [0.1, 0.15) is 26.3 Å². The van der Waals surface area contributed by atoms with Gasteiger partial charge in [-0.3, -0.25) is 4.79 Å². The number of nitrogens with one attached hydrogen (secondary N) is 2. The van der Waals surface area contributed by atoms with Gasteiger partial charge < -0.3 is 26.8 Å². The average molecular weight is 427 g/mol. The van der Waals surface area contributed by atoms with Gasteiger partial charge in [0.05, 0.1) is 11.9 Å². The summed E-state index contributed by atoms with van der Waals surface area (Å²) in [4.78, 5) is 25.2. The van der Waals surface area contributed by atoms with E-state index in [0.717, 1.165) is 11.8 Å². The maximum atomic E-state index is 11.7. The Morgan fingerprint density at radius 1 is 1.00 bits per heavy atom. The Balaban J connectivity index is 0.000000303. The van der Waals surface area contributed by atoms with Gasteiger partial charge in [-0.1, -0.05) is 12.1 Å². The molecule has 30 heavy (non-hydrogen) atoms. The number of nitrogens with two attached hydrogens (primary N) is 2. The lowest BCUT2D eigenvalue weighted by atomic mass is 10.2. The second kappa shape index (κ2) is 10.3. The molecule has 0 aliphatic heterocycles. The lowest BCUT2D eigenvalue weighted by Gasteiger charge is -2.19. The first-order valence-electron chi connectivity index (χ1n) is 8.67. The van der Waals surface area contributed by atoms with Crippen molar-refractivity contribution in [2.45, 2.75) is 39.1 Å². The van der Waals surface area contributed by atoms with Crippen LogP contribution >= 0.6 is 0 Å². The van der Waals surface area contributed by atoms with Crippen LogP contribution in [-0.2, 0) is 16.1 Å². The topological polar surface area (TPSA) is 132 Å². The van der Waals surface area contributed by atoms with Gasteiger partial charge in [0.25, 0.3) is 0 Å². The Kier molecular flexibility index (Phi) is 8.45. The third kappa shape index (κ3) is 10.2. The molecule has 2 aromatic rings. The van der Waals surface area contributed by atoms with Gasteiger partial charge in [-0.15, -0.1) is 0 Å². The summed E-state index contributed by atoms with van der Waals surface area (Å²) < 4.78 is 40.4. The summed E-state index contributed by atoms with van der Waals surface area (Å²) in [5, 5.41) is 4.25. The number of hydrogen-bond acceptors (Lipinski definition) is 6. The number of carbonyl (C=O) groups is 2. The molecule has 1 heterocycles. The molecule has 6 N–H and O–H groups in total. The molecule has 2 amide bonds. The largest absolute Gasteiger partial charge is 0.471 e. The van der Waals surface area contributed by atoms with Crippen molar-refractivity contribution in [2.75, 3.05) is 16.8 Å². The van der Waals surface area contributed by atoms with Crippen molar-refractivity contribution in [1.82, 2.24) is 10.3 Å². The lowest BCUT2D eigenvalue weighted by Crippen LogP contribution is -2.32. The monoisotopic (exact) mass is 427 g/mol. The molecule has 1 aromatic heterocycles. The molecule has 0 spiro atoms. The molecule has 2 rings (SSSR count). The predicted octanol–water partition coefficient (Wildman–Crippen LogP) is 3.46. The van der Waals surface area contributed by atoms with Gasteiger partial charge in [-0.05, 0) is 50.6 Å². The van der Waals surface area contributed by atoms with Gasteiger partial charge in [0.15, 0.2) is 0 Å². The molecule has 0 saturated heterocycles. The highest BCUT2D eigenvalue weighted by Gasteiger charge is 2.38. The van der Waals surface area contributed by atoms with E-state index in [0.29, 0.717) is 17.9 Å². The number of pyridine rings is 1. The van der Waals surface area contributed by atoms with E-state index in [2.05, 4.69) is 10.3 Å². The smallest absolute Gasteiger partial charge is 0.444 e. The second-order valence-electron chi connectivity index (χ2n) is 7.03. The van der Waals surface area contributed by atoms with Crippen LogP contribution in [0.5, 0.6) is 0 Å². The van der Waals surface area contributed by atoms with E-state index in [1.54, 1.807) is 17.4 Å². The molecule has 8 nitrogen and oxygen atoms in total. The van der Waals surface area contributed by atoms with E-state index in [9.17, 15) is 22.8 Å². The van der Waals surface area contributed by atoms with Crippen molar-refractivity contribution >= 4 is 29.2 Å². The molecule has 0 saturated carbocycles. The summed E-state index contributed by atoms with van der Waals surface area (Å²) in [7, 11) is 0. The zero-order valence-corrected chi connectivity index (χ0v) is 16.7. The SMILES string of the molecule is CC(C)(C)OC(=O)NCc1ccc(N)cc1.Nc1ccc(NC(=O)C(F)(F)F)nc1. The predicted molar refractivity (Wildman–Crippen MR) is 107 cm³/mol. The highest BCUT2D eigenvalue weighted by atomic mass is 19.4. The highest BCUT2D eigenvalue weighted by molar-refractivity contribution is 5.94. The molecule has 0 unspecified atom stereocenters. The number of ether oxygens (including phenoxy) is 1. The maximum absolute atomic E-state index is 11.7. The number of amides is 2. The minimum absolute atomic E-state index is 0.193. The van der Waals surface area contributed by atoms with Crippen molar-refractivity contribution in [2.24, 2.45) is 0 Å². The molecular formula is C19H24F3N5O3. The number of carbonyl (C=O) groups excluding carboxylic acids is 2. The minimum atomic E-state index is -4.91. The molecule has 0 atom stereocenters. The number of halogens is 3. The van der Waals surface area contributed by atoms with Crippen molar-refractivity contribution in [3.8, 4) is 0 Å². The molecule has 0 bridgehead atoms. The number of anilines is 3. The molecule has 0 aliphatic rings. The lowest BCUT2D eigenvalue weighted by molar-refractivity contribution is -0.167. The highest BCUT2D eigenvalue weighted by Crippen LogP contribution is 2.17. The molecule has 11 heteroatoms. The van der Waals surface area contributed by atoms with Gasteiger partial charge in [0, 0.05) is 12.2 Å². The van der Waals surface area contributed by atoms with Gasteiger partial charge >= 0.3 is 18.2 Å². The number of hydrogen-bond donors (Lipinski definition) is 4. The summed E-state index contributed by atoms with van der Waals surface area (Å²) >= 11 is 0. The molecular weight excluding hydrogens is 403 g/mol. The van der Waals surface area contributed by atoms with E-state index in [1.165, 1.54) is 12.1 Å². The van der Waals surface area contributed by atoms with Crippen LogP contribution in [0, 0.1) is 0 Å². The maximum Gasteiger partial charge on any atom is 0.471 e. The summed E-state index contributed by atoms with van der Waals surface area (Å²) in [5.74, 6) is -2.25. The summed E-state index contributed by atoms with van der Waals surface area (Å²) in [6, 6.07) is 9.84. The third-order valence-electron chi connectivity index (χ3n) is 3.10. The molecule has 0 aliphatic carbocycles. The fraction of sp³-hybridized carbons (Fsp3) is 0.316. The fourth-order valence-electron chi connectivity index (χ4n) is 1.79. The fourth-order valence-corrected chi connectivity index (χ4v) is 1.79. The van der Waals surface area contributed by atoms with Crippen molar-refractivity contribution in [1.29, 1.82) is 0 Å². The van der Waals surface area contributed by atoms with E-state index >= 15 is 0 Å². The van der Waals surface area contributed by atoms with Crippen LogP contribution < -0.4 is 22.1 Å². The first kappa shape index (κ1) is 24.5. The minimum Gasteiger partial charge on any atom is -0.444 e. The number of alkyl carbamates (subject to hydrolysis) is 1. The third-order valence-corrected chi connectivity index (χ3v) is 3.10. The summed E-state index contributed by atoms with van der Waals surface area (Å²) in [5.41, 5.74) is 12.3. The van der Waals surface area contributed by atoms with Crippen LogP contribution in [0.25, 0.3) is 0 Å². The molecule has 0 fully saturated rings. The number of benzene rings is 1. The number of aromatic nitrogens is 1. The van der Waals surface area contributed by atoms with Crippen molar-refractivity contribution in [3.05, 3.63) is 48.2 Å². The van der Waals surface area contributed by atoms with Gasteiger partial charge in [0.2, 0.25) is 0 Å². The van der Waals surface area contributed by atoms with Crippen molar-refractivity contribution < 1.29 is 27.5 Å². The van der Waals surface area contributed by atoms with Crippen molar-refractivity contribution in [3.63, 3.8) is 0 Å². The Morgan fingerprint density at radius 3 is 2.03 bits per heavy atom. The Hall–Kier alpha value is -3.50. The normalized spacial score (nSPS) is 11.0. The first-order valence-corrected chi connectivity index (χ1v) is 8.67. The second-order valence-corrected chi connectivity index (χ2v) is 7.03. The average Bonchev–Trinajstić information content (AvgIpc) is 2.61. The van der Waals surface area contributed by atoms with Crippen LogP contribution in [0.4, 0.5) is 35.2 Å². The number of alkyl halides is 3. The van der Waals surface area contributed by atoms with Crippen LogP contribution in [0.15, 0.2) is 42.6 Å². The number of nitrogen functional groups attached to an aromatic ring is 2. The Morgan fingerprint density at radius 2 is 1.57 bits per heavy atom. The van der Waals surface area contributed by atoms with E-state index < -0.39 is 23.8 Å². The number of rotatable bonds is 3. The summed E-state index contributed by atoms with van der Waals surface area (Å²) in [6.07, 6.45) is -4.18. The number of nitrogens with zero attached hydrogens (tertiary/aromatic N) is 1. The van der Waals surface area contributed by atoms with Crippen LogP contribution in [-0.4, -0.2) is 28.8 Å². The Labute approximate surface area is 171 Å². The quantitative estimate of drug-likeness (QED) is 0.555. The van der Waals surface area contributed by atoms with Crippen LogP contribution in [0.2, 0.25) is 0 Å². The zero-order valence-electron chi connectivity index (χ0n) is 16.7. The van der Waals surface area contributed by atoms with E-state index in [1.807, 2.05) is 32.9 Å². The molecule has 1 aromatic carbocycles. The Bertz CT molecular complexity index is 832. The van der Waals surface area contributed by atoms with Gasteiger partial charge in [-0.25, -0.2) is 9.78 Å². The molecule has 0 radical (unpaired) electrons. The summed E-state index contributed by atoms with van der Waals surface area (Å²) in [6.45, 7) is 5.93. The van der Waals surface area contributed by atoms with Gasteiger partial charge in [0.1, 0.15) is 11.4 Å². The van der Waals surface area contributed by atoms with E-state index in [-0.39, 0.29) is 5.82 Å². The van der Waals surface area contributed by atoms with Gasteiger partial charge in [-0.2, -0.15) is 13.2 Å².